The molecule has 2 aliphatic carbocycles. The van der Waals surface area contributed by atoms with Gasteiger partial charge in [-0.25, -0.2) is 0 Å². The number of nitrogens with one attached hydrogen (secondary N) is 1. The second-order valence-corrected chi connectivity index (χ2v) is 9.46. The van der Waals surface area contributed by atoms with Gasteiger partial charge in [0.2, 0.25) is 5.91 Å². The minimum atomic E-state index is -4.12. The zero-order valence-corrected chi connectivity index (χ0v) is 17.2. The summed E-state index contributed by atoms with van der Waals surface area (Å²) in [5.41, 5.74) is 0.775. The topological polar surface area (TPSA) is 59.1 Å². The van der Waals surface area contributed by atoms with Crippen LogP contribution >= 0.6 is 0 Å². The van der Waals surface area contributed by atoms with Crippen molar-refractivity contribution in [2.45, 2.75) is 65.5 Å². The molecule has 0 radical (unpaired) electrons. The number of hydrogen-bond donors (Lipinski definition) is 1. The highest BCUT2D eigenvalue weighted by molar-refractivity contribution is 6.03. The number of hydrogen-bond acceptors (Lipinski definition) is 3. The molecule has 0 spiro atoms. The average molecular weight is 410 g/mol. The summed E-state index contributed by atoms with van der Waals surface area (Å²) in [6.07, 6.45) is 1.71. The van der Waals surface area contributed by atoms with E-state index in [9.17, 15) is 22.8 Å². The first-order valence-corrected chi connectivity index (χ1v) is 10.3. The van der Waals surface area contributed by atoms with Gasteiger partial charge < -0.3 is 5.32 Å². The molecule has 1 amide bonds. The quantitative estimate of drug-likeness (QED) is 0.653. The van der Waals surface area contributed by atoms with Crippen LogP contribution in [0.1, 0.15) is 69.7 Å². The Balaban J connectivity index is 1.74. The highest BCUT2D eigenvalue weighted by Crippen LogP contribution is 2.53. The van der Waals surface area contributed by atoms with Crippen molar-refractivity contribution in [1.29, 1.82) is 0 Å². The number of nitrogens with zero attached hydrogens (tertiary/aromatic N) is 1. The van der Waals surface area contributed by atoms with Crippen LogP contribution < -0.4 is 5.32 Å². The number of carbonyl (C=O) groups is 2. The molecule has 2 unspecified atom stereocenters. The Morgan fingerprint density at radius 1 is 1.14 bits per heavy atom. The Morgan fingerprint density at radius 2 is 1.79 bits per heavy atom. The van der Waals surface area contributed by atoms with Crippen molar-refractivity contribution in [3.63, 3.8) is 0 Å². The van der Waals surface area contributed by atoms with Crippen LogP contribution in [-0.2, 0) is 4.79 Å². The first-order valence-electron chi connectivity index (χ1n) is 10.3. The van der Waals surface area contributed by atoms with Gasteiger partial charge in [-0.3, -0.25) is 14.6 Å². The van der Waals surface area contributed by atoms with Gasteiger partial charge in [-0.15, -0.1) is 0 Å². The number of rotatable bonds is 4. The molecule has 2 fully saturated rings. The molecule has 0 bridgehead atoms. The normalized spacial score (nSPS) is 29.4. The Bertz CT molecular complexity index is 768. The van der Waals surface area contributed by atoms with Crippen molar-refractivity contribution in [3.05, 3.63) is 24.0 Å². The zero-order valence-electron chi connectivity index (χ0n) is 17.2. The predicted octanol–water partition coefficient (Wildman–Crippen LogP) is 5.64. The number of alkyl halides is 3. The fraction of sp³-hybridized carbons (Fsp3) is 0.682. The molecule has 0 aromatic carbocycles. The number of halogens is 3. The minimum absolute atomic E-state index is 0.0325. The van der Waals surface area contributed by atoms with Crippen LogP contribution in [0.3, 0.4) is 0 Å². The molecular formula is C22H29F3N2O2. The maximum absolute atomic E-state index is 13.1. The second-order valence-electron chi connectivity index (χ2n) is 9.46. The smallest absolute Gasteiger partial charge is 0.325 e. The molecule has 0 aliphatic heterocycles. The fourth-order valence-corrected chi connectivity index (χ4v) is 5.28. The molecule has 2 atom stereocenters. The van der Waals surface area contributed by atoms with Crippen LogP contribution in [0.15, 0.2) is 18.5 Å². The highest BCUT2D eigenvalue weighted by atomic mass is 19.4. The number of pyridine rings is 1. The van der Waals surface area contributed by atoms with Gasteiger partial charge in [0.1, 0.15) is 0 Å². The number of anilines is 1. The summed E-state index contributed by atoms with van der Waals surface area (Å²) in [5, 5.41) is 2.89. The van der Waals surface area contributed by atoms with Gasteiger partial charge in [-0.2, -0.15) is 13.2 Å². The lowest BCUT2D eigenvalue weighted by Crippen LogP contribution is -2.34. The zero-order chi connectivity index (χ0) is 21.4. The number of ketones is 1. The van der Waals surface area contributed by atoms with Gasteiger partial charge in [-0.1, -0.05) is 13.8 Å². The molecule has 1 aromatic heterocycles. The third-order valence-electron chi connectivity index (χ3n) is 6.71. The lowest BCUT2D eigenvalue weighted by atomic mass is 9.72. The summed E-state index contributed by atoms with van der Waals surface area (Å²) in [7, 11) is 0. The van der Waals surface area contributed by atoms with Gasteiger partial charge in [0.25, 0.3) is 0 Å². The van der Waals surface area contributed by atoms with Crippen LogP contribution in [0, 0.1) is 29.1 Å². The maximum Gasteiger partial charge on any atom is 0.391 e. The maximum atomic E-state index is 13.1. The third-order valence-corrected chi connectivity index (χ3v) is 6.71. The van der Waals surface area contributed by atoms with Crippen LogP contribution in [-0.4, -0.2) is 22.9 Å². The van der Waals surface area contributed by atoms with E-state index in [1.807, 2.05) is 0 Å². The first-order chi connectivity index (χ1) is 13.5. The number of carbonyl (C=O) groups excluding carboxylic acids is 2. The van der Waals surface area contributed by atoms with Crippen LogP contribution in [0.5, 0.6) is 0 Å². The summed E-state index contributed by atoms with van der Waals surface area (Å²) in [6.45, 7) is 5.65. The predicted molar refractivity (Wildman–Crippen MR) is 104 cm³/mol. The van der Waals surface area contributed by atoms with Crippen LogP contribution in [0.2, 0.25) is 0 Å². The van der Waals surface area contributed by atoms with Crippen molar-refractivity contribution in [3.8, 4) is 0 Å². The molecule has 4 nitrogen and oxygen atoms in total. The molecule has 3 rings (SSSR count). The van der Waals surface area contributed by atoms with Gasteiger partial charge in [0, 0.05) is 18.3 Å². The van der Waals surface area contributed by atoms with E-state index >= 15 is 0 Å². The van der Waals surface area contributed by atoms with Crippen molar-refractivity contribution < 1.29 is 22.8 Å². The summed E-state index contributed by atoms with van der Waals surface area (Å²) < 4.78 is 39.1. The van der Waals surface area contributed by atoms with Crippen LogP contribution in [0.4, 0.5) is 18.9 Å². The molecule has 29 heavy (non-hydrogen) atoms. The third kappa shape index (κ3) is 4.98. The van der Waals surface area contributed by atoms with E-state index in [-0.39, 0.29) is 47.7 Å². The number of Topliss-reactive ketones (excluding diaryl/α,β-unsaturated/α-hetero) is 1. The van der Waals surface area contributed by atoms with E-state index in [1.165, 1.54) is 19.3 Å². The van der Waals surface area contributed by atoms with Crippen LogP contribution in [0.25, 0.3) is 0 Å². The Morgan fingerprint density at radius 3 is 2.38 bits per heavy atom. The lowest BCUT2D eigenvalue weighted by molar-refractivity contribution is -0.185. The second kappa shape index (κ2) is 8.07. The average Bonchev–Trinajstić information content (AvgIpc) is 2.97. The minimum Gasteiger partial charge on any atom is -0.325 e. The van der Waals surface area contributed by atoms with Gasteiger partial charge in [-0.05, 0) is 68.8 Å². The number of amides is 1. The van der Waals surface area contributed by atoms with Crippen molar-refractivity contribution in [1.82, 2.24) is 4.98 Å². The highest BCUT2D eigenvalue weighted by Gasteiger charge is 2.49. The number of aromatic nitrogens is 1. The van der Waals surface area contributed by atoms with Crippen molar-refractivity contribution >= 4 is 17.4 Å². The summed E-state index contributed by atoms with van der Waals surface area (Å²) in [4.78, 5) is 28.9. The molecular weight excluding hydrogens is 381 g/mol. The van der Waals surface area contributed by atoms with Crippen molar-refractivity contribution in [2.75, 3.05) is 5.32 Å². The molecule has 2 saturated carbocycles. The van der Waals surface area contributed by atoms with E-state index in [0.717, 1.165) is 6.42 Å². The molecule has 1 aromatic rings. The van der Waals surface area contributed by atoms with Gasteiger partial charge in [0.15, 0.2) is 5.78 Å². The fourth-order valence-electron chi connectivity index (χ4n) is 5.28. The van der Waals surface area contributed by atoms with E-state index in [2.05, 4.69) is 24.1 Å². The largest absolute Gasteiger partial charge is 0.391 e. The molecule has 2 aliphatic rings. The Labute approximate surface area is 169 Å². The summed E-state index contributed by atoms with van der Waals surface area (Å²) in [5.74, 6) is -1.59. The molecule has 0 saturated heterocycles. The van der Waals surface area contributed by atoms with Gasteiger partial charge in [0.05, 0.1) is 17.2 Å². The molecule has 1 N–H and O–H groups in total. The first kappa shape index (κ1) is 21.8. The Kier molecular flexibility index (Phi) is 6.06. The van der Waals surface area contributed by atoms with Gasteiger partial charge >= 0.3 is 6.18 Å². The van der Waals surface area contributed by atoms with E-state index in [0.29, 0.717) is 30.5 Å². The van der Waals surface area contributed by atoms with E-state index < -0.39 is 12.1 Å². The van der Waals surface area contributed by atoms with Crippen molar-refractivity contribution in [2.24, 2.45) is 29.1 Å². The standard InChI is InChI=1S/C22H29F3N2O2/c1-13(28)18-12-26-9-8-19(18)27-20(29)17-11-21(2,3)10-16(17)14-4-6-15(7-5-14)22(23,24)25/h8-9,12,14-17H,4-7,10-11H2,1-3H3,(H,26,27,29). The lowest BCUT2D eigenvalue weighted by Gasteiger charge is -2.35. The Hall–Kier alpha value is -1.92. The monoisotopic (exact) mass is 410 g/mol. The molecule has 7 heteroatoms. The molecule has 1 heterocycles. The summed E-state index contributed by atoms with van der Waals surface area (Å²) >= 11 is 0. The SMILES string of the molecule is CC(=O)c1cnccc1NC(=O)C1CC(C)(C)CC1C1CCC(C(F)(F)F)CC1. The van der Waals surface area contributed by atoms with E-state index in [1.54, 1.807) is 6.07 Å². The summed E-state index contributed by atoms with van der Waals surface area (Å²) in [6, 6.07) is 1.61. The molecule has 160 valence electrons. The van der Waals surface area contributed by atoms with E-state index in [4.69, 9.17) is 0 Å².